The molecule has 1 saturated carbocycles. The van der Waals surface area contributed by atoms with Crippen molar-refractivity contribution in [3.63, 3.8) is 0 Å². The van der Waals surface area contributed by atoms with E-state index in [1.165, 1.54) is 39.0 Å². The lowest BCUT2D eigenvalue weighted by atomic mass is 9.92. The average molecular weight is 385 g/mol. The number of halogens is 1. The predicted octanol–water partition coefficient (Wildman–Crippen LogP) is 5.52. The van der Waals surface area contributed by atoms with Gasteiger partial charge in [-0.15, -0.1) is 0 Å². The lowest BCUT2D eigenvalue weighted by Gasteiger charge is -2.43. The standard InChI is InChI=1S/C22H25ClN2O2/c1-15(26)24-17-11-12-21-16(13-17)14-25(18-7-3-2-4-8-18)22(27-21)19-9-5-6-10-20(19)23/h5-6,9-13,18,22H,2-4,7-8,14H2,1H3,(H,24,26). The highest BCUT2D eigenvalue weighted by Gasteiger charge is 2.35. The van der Waals surface area contributed by atoms with Gasteiger partial charge in [-0.05, 0) is 37.1 Å². The van der Waals surface area contributed by atoms with Crippen LogP contribution in [0.25, 0.3) is 0 Å². The summed E-state index contributed by atoms with van der Waals surface area (Å²) in [7, 11) is 0. The zero-order valence-electron chi connectivity index (χ0n) is 15.6. The summed E-state index contributed by atoms with van der Waals surface area (Å²) in [6, 6.07) is 14.3. The highest BCUT2D eigenvalue weighted by Crippen LogP contribution is 2.41. The second-order valence-corrected chi connectivity index (χ2v) is 7.87. The maximum Gasteiger partial charge on any atom is 0.221 e. The van der Waals surface area contributed by atoms with E-state index in [1.54, 1.807) is 0 Å². The molecule has 2 aromatic carbocycles. The molecule has 0 spiro atoms. The summed E-state index contributed by atoms with van der Waals surface area (Å²) in [5.74, 6) is 0.797. The van der Waals surface area contributed by atoms with E-state index >= 15 is 0 Å². The summed E-state index contributed by atoms with van der Waals surface area (Å²) in [4.78, 5) is 13.8. The molecule has 4 rings (SSSR count). The SMILES string of the molecule is CC(=O)Nc1ccc2c(c1)CN(C1CCCCC1)C(c1ccccc1Cl)O2. The summed E-state index contributed by atoms with van der Waals surface area (Å²) < 4.78 is 6.45. The molecular weight excluding hydrogens is 360 g/mol. The van der Waals surface area contributed by atoms with Crippen LogP contribution in [-0.4, -0.2) is 16.8 Å². The number of nitrogens with one attached hydrogen (secondary N) is 1. The molecular formula is C22H25ClN2O2. The Morgan fingerprint density at radius 1 is 1.15 bits per heavy atom. The van der Waals surface area contributed by atoms with Crippen LogP contribution in [-0.2, 0) is 11.3 Å². The molecule has 5 heteroatoms. The molecule has 1 N–H and O–H groups in total. The van der Waals surface area contributed by atoms with Gasteiger partial charge in [-0.3, -0.25) is 9.69 Å². The summed E-state index contributed by atoms with van der Waals surface area (Å²) in [5, 5.41) is 3.60. The quantitative estimate of drug-likeness (QED) is 0.757. The van der Waals surface area contributed by atoms with Crippen molar-refractivity contribution in [3.05, 3.63) is 58.6 Å². The Balaban J connectivity index is 1.69. The van der Waals surface area contributed by atoms with Gasteiger partial charge in [-0.2, -0.15) is 0 Å². The number of ether oxygens (including phenoxy) is 1. The molecule has 1 aliphatic heterocycles. The van der Waals surface area contributed by atoms with Crippen LogP contribution in [0.4, 0.5) is 5.69 Å². The van der Waals surface area contributed by atoms with Crippen LogP contribution < -0.4 is 10.1 Å². The molecule has 4 nitrogen and oxygen atoms in total. The second-order valence-electron chi connectivity index (χ2n) is 7.46. The third-order valence-electron chi connectivity index (χ3n) is 5.49. The van der Waals surface area contributed by atoms with E-state index in [2.05, 4.69) is 16.3 Å². The normalized spacial score (nSPS) is 20.6. The molecule has 1 amide bonds. The maximum absolute atomic E-state index is 11.4. The second kappa shape index (κ2) is 7.91. The number of anilines is 1. The molecule has 0 radical (unpaired) electrons. The van der Waals surface area contributed by atoms with Crippen molar-refractivity contribution < 1.29 is 9.53 Å². The number of hydrogen-bond acceptors (Lipinski definition) is 3. The van der Waals surface area contributed by atoms with Gasteiger partial charge >= 0.3 is 0 Å². The fourth-order valence-electron chi connectivity index (χ4n) is 4.22. The number of benzene rings is 2. The van der Waals surface area contributed by atoms with Crippen LogP contribution in [0.5, 0.6) is 5.75 Å². The first kappa shape index (κ1) is 18.3. The van der Waals surface area contributed by atoms with E-state index in [0.717, 1.165) is 34.1 Å². The fourth-order valence-corrected chi connectivity index (χ4v) is 4.45. The van der Waals surface area contributed by atoms with Gasteiger partial charge in [0.1, 0.15) is 5.75 Å². The van der Waals surface area contributed by atoms with Gasteiger partial charge in [0, 0.05) is 41.3 Å². The van der Waals surface area contributed by atoms with Gasteiger partial charge in [-0.1, -0.05) is 49.1 Å². The Morgan fingerprint density at radius 2 is 1.93 bits per heavy atom. The van der Waals surface area contributed by atoms with E-state index in [1.807, 2.05) is 36.4 Å². The molecule has 1 heterocycles. The first-order valence-electron chi connectivity index (χ1n) is 9.69. The van der Waals surface area contributed by atoms with Gasteiger partial charge in [-0.25, -0.2) is 0 Å². The van der Waals surface area contributed by atoms with E-state index in [4.69, 9.17) is 16.3 Å². The predicted molar refractivity (Wildman–Crippen MR) is 108 cm³/mol. The summed E-state index contributed by atoms with van der Waals surface area (Å²) >= 11 is 6.52. The molecule has 1 aliphatic carbocycles. The first-order valence-corrected chi connectivity index (χ1v) is 10.1. The van der Waals surface area contributed by atoms with Gasteiger partial charge in [0.2, 0.25) is 5.91 Å². The van der Waals surface area contributed by atoms with Crippen LogP contribution in [0.15, 0.2) is 42.5 Å². The van der Waals surface area contributed by atoms with E-state index in [0.29, 0.717) is 6.04 Å². The van der Waals surface area contributed by atoms with Crippen molar-refractivity contribution in [1.29, 1.82) is 0 Å². The lowest BCUT2D eigenvalue weighted by molar-refractivity contribution is -0.114. The molecule has 0 saturated heterocycles. The molecule has 2 aromatic rings. The van der Waals surface area contributed by atoms with E-state index < -0.39 is 0 Å². The van der Waals surface area contributed by atoms with Crippen LogP contribution in [0.2, 0.25) is 5.02 Å². The van der Waals surface area contributed by atoms with Gasteiger partial charge in [0.05, 0.1) is 0 Å². The van der Waals surface area contributed by atoms with Crippen LogP contribution in [0.1, 0.15) is 56.4 Å². The fraction of sp³-hybridized carbons (Fsp3) is 0.409. The smallest absolute Gasteiger partial charge is 0.221 e. The zero-order valence-corrected chi connectivity index (χ0v) is 16.3. The van der Waals surface area contributed by atoms with Crippen molar-refractivity contribution in [2.24, 2.45) is 0 Å². The van der Waals surface area contributed by atoms with Crippen molar-refractivity contribution in [3.8, 4) is 5.75 Å². The van der Waals surface area contributed by atoms with Gasteiger partial charge in [0.25, 0.3) is 0 Å². The number of amides is 1. The number of carbonyl (C=O) groups is 1. The molecule has 0 aromatic heterocycles. The van der Waals surface area contributed by atoms with Gasteiger partial charge < -0.3 is 10.1 Å². The van der Waals surface area contributed by atoms with Crippen molar-refractivity contribution in [2.45, 2.75) is 57.8 Å². The highest BCUT2D eigenvalue weighted by molar-refractivity contribution is 6.31. The maximum atomic E-state index is 11.4. The monoisotopic (exact) mass is 384 g/mol. The lowest BCUT2D eigenvalue weighted by Crippen LogP contribution is -2.44. The third kappa shape index (κ3) is 3.97. The van der Waals surface area contributed by atoms with E-state index in [-0.39, 0.29) is 12.1 Å². The largest absolute Gasteiger partial charge is 0.470 e. The number of rotatable bonds is 3. The van der Waals surface area contributed by atoms with Crippen molar-refractivity contribution in [2.75, 3.05) is 5.32 Å². The van der Waals surface area contributed by atoms with Crippen molar-refractivity contribution in [1.82, 2.24) is 4.90 Å². The van der Waals surface area contributed by atoms with Crippen molar-refractivity contribution >= 4 is 23.2 Å². The Labute approximate surface area is 165 Å². The molecule has 142 valence electrons. The molecule has 0 bridgehead atoms. The Bertz CT molecular complexity index is 833. The van der Waals surface area contributed by atoms with Crippen LogP contribution in [0, 0.1) is 0 Å². The molecule has 1 unspecified atom stereocenters. The molecule has 1 atom stereocenters. The average Bonchev–Trinajstić information content (AvgIpc) is 2.68. The summed E-state index contributed by atoms with van der Waals surface area (Å²) in [6.45, 7) is 2.32. The van der Waals surface area contributed by atoms with Crippen LogP contribution in [0.3, 0.4) is 0 Å². The molecule has 1 fully saturated rings. The minimum Gasteiger partial charge on any atom is -0.470 e. The first-order chi connectivity index (χ1) is 13.1. The number of fused-ring (bicyclic) bond motifs is 1. The summed E-state index contributed by atoms with van der Waals surface area (Å²) in [6.07, 6.45) is 6.02. The number of carbonyl (C=O) groups excluding carboxylic acids is 1. The Hall–Kier alpha value is -2.04. The number of nitrogens with zero attached hydrogens (tertiary/aromatic N) is 1. The zero-order chi connectivity index (χ0) is 18.8. The Kier molecular flexibility index (Phi) is 5.37. The Morgan fingerprint density at radius 3 is 2.67 bits per heavy atom. The summed E-state index contributed by atoms with van der Waals surface area (Å²) in [5.41, 5.74) is 2.93. The highest BCUT2D eigenvalue weighted by atomic mass is 35.5. The molecule has 2 aliphatic rings. The minimum absolute atomic E-state index is 0.0650. The number of hydrogen-bond donors (Lipinski definition) is 1. The topological polar surface area (TPSA) is 41.6 Å². The minimum atomic E-state index is -0.180. The van der Waals surface area contributed by atoms with Gasteiger partial charge in [0.15, 0.2) is 6.23 Å². The van der Waals surface area contributed by atoms with Crippen LogP contribution >= 0.6 is 11.6 Å². The molecule has 27 heavy (non-hydrogen) atoms. The van der Waals surface area contributed by atoms with E-state index in [9.17, 15) is 4.79 Å². The third-order valence-corrected chi connectivity index (χ3v) is 5.83.